The molecule has 31 heavy (non-hydrogen) atoms. The van der Waals surface area contributed by atoms with Gasteiger partial charge in [0.25, 0.3) is 0 Å². The standard InChI is InChI=1S/C21H20N4O6/c26-10-14(27)17(29)18(30)19(31)21-24-23-20-15(16(28)11-6-2-1-3-7-11)22-12-8-4-5-9-13(12)25(20)21/h1-9,14,17-19,26-27,29-31H,10H2/t14-,17-,18+,19+/m1/s1. The summed E-state index contributed by atoms with van der Waals surface area (Å²) in [6.45, 7) is -0.811. The molecule has 0 saturated heterocycles. The van der Waals surface area contributed by atoms with Crippen molar-refractivity contribution in [2.45, 2.75) is 24.4 Å². The Morgan fingerprint density at radius 1 is 0.903 bits per heavy atom. The topological polar surface area (TPSA) is 161 Å². The predicted molar refractivity (Wildman–Crippen MR) is 108 cm³/mol. The Bertz CT molecular complexity index is 1230. The van der Waals surface area contributed by atoms with Crippen LogP contribution in [0.2, 0.25) is 0 Å². The third-order valence-corrected chi connectivity index (χ3v) is 5.03. The lowest BCUT2D eigenvalue weighted by atomic mass is 10.0. The van der Waals surface area contributed by atoms with E-state index < -0.39 is 36.8 Å². The van der Waals surface area contributed by atoms with Crippen LogP contribution in [-0.4, -0.2) is 75.8 Å². The van der Waals surface area contributed by atoms with Gasteiger partial charge in [0.1, 0.15) is 24.4 Å². The molecule has 5 N–H and O–H groups in total. The molecule has 0 saturated carbocycles. The molecule has 160 valence electrons. The first-order valence-electron chi connectivity index (χ1n) is 9.50. The van der Waals surface area contributed by atoms with Gasteiger partial charge < -0.3 is 25.5 Å². The summed E-state index contributed by atoms with van der Waals surface area (Å²) in [6, 6.07) is 15.3. The lowest BCUT2D eigenvalue weighted by Crippen LogP contribution is -2.43. The fraction of sp³-hybridized carbons (Fsp3) is 0.238. The van der Waals surface area contributed by atoms with Gasteiger partial charge in [0.2, 0.25) is 5.78 Å². The molecule has 0 amide bonds. The van der Waals surface area contributed by atoms with Gasteiger partial charge in [-0.25, -0.2) is 4.98 Å². The largest absolute Gasteiger partial charge is 0.394 e. The van der Waals surface area contributed by atoms with Crippen LogP contribution < -0.4 is 0 Å². The number of carbonyl (C=O) groups is 1. The second-order valence-corrected chi connectivity index (χ2v) is 7.04. The second kappa shape index (κ2) is 8.46. The molecule has 10 nitrogen and oxygen atoms in total. The van der Waals surface area contributed by atoms with Gasteiger partial charge in [-0.15, -0.1) is 10.2 Å². The number of hydrogen-bond acceptors (Lipinski definition) is 9. The molecule has 0 radical (unpaired) electrons. The molecule has 0 spiro atoms. The van der Waals surface area contributed by atoms with E-state index in [2.05, 4.69) is 15.2 Å². The maximum absolute atomic E-state index is 13.1. The van der Waals surface area contributed by atoms with E-state index in [-0.39, 0.29) is 17.2 Å². The van der Waals surface area contributed by atoms with Crippen LogP contribution in [0.3, 0.4) is 0 Å². The number of hydrogen-bond donors (Lipinski definition) is 5. The monoisotopic (exact) mass is 424 g/mol. The molecule has 0 fully saturated rings. The van der Waals surface area contributed by atoms with Gasteiger partial charge in [-0.1, -0.05) is 42.5 Å². The lowest BCUT2D eigenvalue weighted by molar-refractivity contribution is -0.118. The molecule has 4 atom stereocenters. The van der Waals surface area contributed by atoms with E-state index in [0.717, 1.165) is 0 Å². The van der Waals surface area contributed by atoms with E-state index in [0.29, 0.717) is 16.6 Å². The van der Waals surface area contributed by atoms with Gasteiger partial charge in [0, 0.05) is 5.56 Å². The fourth-order valence-corrected chi connectivity index (χ4v) is 3.35. The molecule has 0 aliphatic carbocycles. The Hall–Kier alpha value is -3.28. The van der Waals surface area contributed by atoms with E-state index in [1.807, 2.05) is 0 Å². The summed E-state index contributed by atoms with van der Waals surface area (Å²) in [5, 5.41) is 57.5. The van der Waals surface area contributed by atoms with Crippen molar-refractivity contribution in [1.29, 1.82) is 0 Å². The van der Waals surface area contributed by atoms with Crippen LogP contribution in [0.25, 0.3) is 16.7 Å². The van der Waals surface area contributed by atoms with Crippen molar-refractivity contribution in [3.8, 4) is 0 Å². The van der Waals surface area contributed by atoms with Crippen LogP contribution in [0.15, 0.2) is 54.6 Å². The Balaban J connectivity index is 1.90. The number of aliphatic hydroxyl groups is 5. The first-order chi connectivity index (χ1) is 14.9. The molecule has 10 heteroatoms. The molecule has 4 aromatic rings. The first-order valence-corrected chi connectivity index (χ1v) is 9.50. The maximum atomic E-state index is 13.1. The number of para-hydroxylation sites is 2. The average Bonchev–Trinajstić information content (AvgIpc) is 3.27. The highest BCUT2D eigenvalue weighted by Crippen LogP contribution is 2.26. The zero-order valence-corrected chi connectivity index (χ0v) is 16.1. The average molecular weight is 424 g/mol. The molecule has 0 bridgehead atoms. The number of rotatable bonds is 7. The van der Waals surface area contributed by atoms with Crippen molar-refractivity contribution < 1.29 is 30.3 Å². The first kappa shape index (κ1) is 21.0. The summed E-state index contributed by atoms with van der Waals surface area (Å²) >= 11 is 0. The fourth-order valence-electron chi connectivity index (χ4n) is 3.35. The molecule has 0 aliphatic heterocycles. The quantitative estimate of drug-likeness (QED) is 0.249. The molecule has 0 aliphatic rings. The summed E-state index contributed by atoms with van der Waals surface area (Å²) in [5.74, 6) is -0.562. The summed E-state index contributed by atoms with van der Waals surface area (Å²) in [7, 11) is 0. The summed E-state index contributed by atoms with van der Waals surface area (Å²) in [4.78, 5) is 17.5. The Morgan fingerprint density at radius 3 is 2.29 bits per heavy atom. The number of carbonyl (C=O) groups excluding carboxylic acids is 1. The third kappa shape index (κ3) is 3.67. The van der Waals surface area contributed by atoms with Crippen molar-refractivity contribution >= 4 is 22.5 Å². The van der Waals surface area contributed by atoms with Crippen molar-refractivity contribution in [2.24, 2.45) is 0 Å². The number of benzene rings is 2. The minimum Gasteiger partial charge on any atom is -0.394 e. The van der Waals surface area contributed by atoms with Crippen molar-refractivity contribution in [3.05, 3.63) is 71.7 Å². The minimum atomic E-state index is -1.88. The summed E-state index contributed by atoms with van der Waals surface area (Å²) in [6.07, 6.45) is -7.17. The maximum Gasteiger partial charge on any atom is 0.215 e. The molecular formula is C21H20N4O6. The van der Waals surface area contributed by atoms with E-state index >= 15 is 0 Å². The highest BCUT2D eigenvalue weighted by atomic mass is 16.4. The zero-order chi connectivity index (χ0) is 22.1. The molecule has 4 rings (SSSR count). The smallest absolute Gasteiger partial charge is 0.215 e. The molecule has 2 heterocycles. The summed E-state index contributed by atoms with van der Waals surface area (Å²) < 4.78 is 1.38. The molecule has 2 aromatic heterocycles. The van der Waals surface area contributed by atoms with Crippen LogP contribution in [0.4, 0.5) is 0 Å². The van der Waals surface area contributed by atoms with Crippen LogP contribution in [0.5, 0.6) is 0 Å². The highest BCUT2D eigenvalue weighted by Gasteiger charge is 2.34. The number of aromatic nitrogens is 4. The Kier molecular flexibility index (Phi) is 5.72. The Morgan fingerprint density at radius 2 is 1.58 bits per heavy atom. The predicted octanol–water partition coefficient (Wildman–Crippen LogP) is -0.383. The molecular weight excluding hydrogens is 404 g/mol. The number of nitrogens with zero attached hydrogens (tertiary/aromatic N) is 4. The van der Waals surface area contributed by atoms with Crippen LogP contribution in [0, 0.1) is 0 Å². The van der Waals surface area contributed by atoms with Gasteiger partial charge in [0.15, 0.2) is 17.2 Å². The Labute approximate surface area is 175 Å². The third-order valence-electron chi connectivity index (χ3n) is 5.03. The van der Waals surface area contributed by atoms with Crippen molar-refractivity contribution in [2.75, 3.05) is 6.61 Å². The van der Waals surface area contributed by atoms with E-state index in [1.54, 1.807) is 54.6 Å². The number of ketones is 1. The van der Waals surface area contributed by atoms with Gasteiger partial charge in [-0.3, -0.25) is 9.20 Å². The lowest BCUT2D eigenvalue weighted by Gasteiger charge is -2.24. The number of fused-ring (bicyclic) bond motifs is 3. The van der Waals surface area contributed by atoms with Gasteiger partial charge in [-0.2, -0.15) is 0 Å². The SMILES string of the molecule is O=C(c1ccccc1)c1nc2ccccc2n2c([C@@H](O)[C@@H](O)[C@H](O)[C@H](O)CO)nnc12. The number of aliphatic hydroxyl groups excluding tert-OH is 5. The minimum absolute atomic E-state index is 0.00119. The van der Waals surface area contributed by atoms with Crippen LogP contribution >= 0.6 is 0 Å². The van der Waals surface area contributed by atoms with Gasteiger partial charge in [0.05, 0.1) is 17.6 Å². The molecule has 2 aromatic carbocycles. The molecule has 0 unspecified atom stereocenters. The van der Waals surface area contributed by atoms with Crippen LogP contribution in [0.1, 0.15) is 28.0 Å². The second-order valence-electron chi connectivity index (χ2n) is 7.04. The summed E-state index contributed by atoms with van der Waals surface area (Å²) in [5.41, 5.74) is 1.34. The van der Waals surface area contributed by atoms with E-state index in [1.165, 1.54) is 4.40 Å². The van der Waals surface area contributed by atoms with E-state index in [9.17, 15) is 25.2 Å². The normalized spacial score (nSPS) is 15.6. The van der Waals surface area contributed by atoms with Crippen molar-refractivity contribution in [3.63, 3.8) is 0 Å². The van der Waals surface area contributed by atoms with Crippen molar-refractivity contribution in [1.82, 2.24) is 19.6 Å². The van der Waals surface area contributed by atoms with Crippen LogP contribution in [-0.2, 0) is 0 Å². The zero-order valence-electron chi connectivity index (χ0n) is 16.1. The van der Waals surface area contributed by atoms with Gasteiger partial charge in [-0.05, 0) is 12.1 Å². The van der Waals surface area contributed by atoms with E-state index in [4.69, 9.17) is 5.11 Å². The highest BCUT2D eigenvalue weighted by molar-refractivity contribution is 6.12. The van der Waals surface area contributed by atoms with Gasteiger partial charge >= 0.3 is 0 Å².